The molecule has 0 aromatic heterocycles. The Morgan fingerprint density at radius 2 is 1.79 bits per heavy atom. The van der Waals surface area contributed by atoms with Crippen LogP contribution in [0.3, 0.4) is 0 Å². The zero-order valence-electron chi connectivity index (χ0n) is 9.46. The van der Waals surface area contributed by atoms with Gasteiger partial charge in [0.2, 0.25) is 0 Å². The molecule has 0 saturated carbocycles. The van der Waals surface area contributed by atoms with Crippen molar-refractivity contribution < 1.29 is 0 Å². The lowest BCUT2D eigenvalue weighted by Gasteiger charge is -2.13. The lowest BCUT2D eigenvalue weighted by molar-refractivity contribution is 0.846. The maximum absolute atomic E-state index is 3.81. The molecule has 0 nitrogen and oxygen atoms in total. The van der Waals surface area contributed by atoms with Gasteiger partial charge < -0.3 is 0 Å². The second-order valence-electron chi connectivity index (χ2n) is 3.12. The molecule has 76 valence electrons. The van der Waals surface area contributed by atoms with Crippen molar-refractivity contribution >= 4 is 0 Å². The van der Waals surface area contributed by atoms with E-state index in [4.69, 9.17) is 0 Å². The smallest absolute Gasteiger partial charge is 0.00574 e. The minimum absolute atomic E-state index is 0.381. The molecular formula is C14H20. The van der Waals surface area contributed by atoms with Gasteiger partial charge in [0.05, 0.1) is 0 Å². The SMILES string of the molecule is C=C/C=C(\C=C)C(C)C(/C=C\C)=C/C. The Bertz CT molecular complexity index is 274. The van der Waals surface area contributed by atoms with Crippen molar-refractivity contribution in [1.82, 2.24) is 0 Å². The van der Waals surface area contributed by atoms with E-state index in [1.54, 1.807) is 6.08 Å². The maximum Gasteiger partial charge on any atom is 0.00574 e. The molecule has 0 N–H and O–H groups in total. The normalized spacial score (nSPS) is 15.6. The lowest BCUT2D eigenvalue weighted by atomic mass is 9.91. The molecule has 0 saturated heterocycles. The van der Waals surface area contributed by atoms with E-state index >= 15 is 0 Å². The Labute approximate surface area is 88.0 Å². The van der Waals surface area contributed by atoms with Gasteiger partial charge in [-0.15, -0.1) is 0 Å². The summed E-state index contributed by atoms with van der Waals surface area (Å²) in [5.74, 6) is 0.381. The van der Waals surface area contributed by atoms with E-state index in [2.05, 4.69) is 45.2 Å². The first-order valence-corrected chi connectivity index (χ1v) is 4.95. The summed E-state index contributed by atoms with van der Waals surface area (Å²) in [6.45, 7) is 13.8. The highest BCUT2D eigenvalue weighted by Crippen LogP contribution is 2.21. The van der Waals surface area contributed by atoms with Crippen LogP contribution in [0.4, 0.5) is 0 Å². The van der Waals surface area contributed by atoms with Crippen LogP contribution in [0.2, 0.25) is 0 Å². The van der Waals surface area contributed by atoms with Gasteiger partial charge in [0.15, 0.2) is 0 Å². The van der Waals surface area contributed by atoms with Crippen molar-refractivity contribution in [3.05, 3.63) is 60.8 Å². The molecule has 1 atom stereocenters. The Morgan fingerprint density at radius 1 is 1.14 bits per heavy atom. The Kier molecular flexibility index (Phi) is 6.47. The van der Waals surface area contributed by atoms with Crippen molar-refractivity contribution in [3.63, 3.8) is 0 Å². The van der Waals surface area contributed by atoms with Gasteiger partial charge in [0.1, 0.15) is 0 Å². The molecule has 0 rings (SSSR count). The predicted octanol–water partition coefficient (Wildman–Crippen LogP) is 4.44. The summed E-state index contributed by atoms with van der Waals surface area (Å²) in [7, 11) is 0. The Hall–Kier alpha value is -1.30. The summed E-state index contributed by atoms with van der Waals surface area (Å²) in [5.41, 5.74) is 2.51. The molecule has 14 heavy (non-hydrogen) atoms. The summed E-state index contributed by atoms with van der Waals surface area (Å²) in [6, 6.07) is 0. The second-order valence-corrected chi connectivity index (χ2v) is 3.12. The van der Waals surface area contributed by atoms with Crippen molar-refractivity contribution in [2.24, 2.45) is 5.92 Å². The zero-order valence-corrected chi connectivity index (χ0v) is 9.46. The summed E-state index contributed by atoms with van der Waals surface area (Å²) < 4.78 is 0. The van der Waals surface area contributed by atoms with Crippen LogP contribution >= 0.6 is 0 Å². The van der Waals surface area contributed by atoms with Crippen LogP contribution in [0, 0.1) is 5.92 Å². The first-order chi connectivity index (χ1) is 6.71. The summed E-state index contributed by atoms with van der Waals surface area (Å²) in [4.78, 5) is 0. The van der Waals surface area contributed by atoms with Crippen molar-refractivity contribution in [2.75, 3.05) is 0 Å². The quantitative estimate of drug-likeness (QED) is 0.559. The highest BCUT2D eigenvalue weighted by atomic mass is 14.1. The molecular weight excluding hydrogens is 168 g/mol. The van der Waals surface area contributed by atoms with Gasteiger partial charge in [0, 0.05) is 5.92 Å². The fourth-order valence-corrected chi connectivity index (χ4v) is 1.40. The van der Waals surface area contributed by atoms with Gasteiger partial charge in [0.25, 0.3) is 0 Å². The molecule has 0 spiro atoms. The largest absolute Gasteiger partial charge is 0.0991 e. The lowest BCUT2D eigenvalue weighted by Crippen LogP contribution is -1.99. The molecule has 1 unspecified atom stereocenters. The minimum atomic E-state index is 0.381. The average Bonchev–Trinajstić information content (AvgIpc) is 2.21. The molecule has 0 bridgehead atoms. The summed E-state index contributed by atoms with van der Waals surface area (Å²) >= 11 is 0. The van der Waals surface area contributed by atoms with Gasteiger partial charge in [-0.2, -0.15) is 0 Å². The van der Waals surface area contributed by atoms with Crippen LogP contribution in [-0.2, 0) is 0 Å². The third-order valence-electron chi connectivity index (χ3n) is 2.24. The molecule has 0 amide bonds. The van der Waals surface area contributed by atoms with Crippen LogP contribution in [-0.4, -0.2) is 0 Å². The highest BCUT2D eigenvalue weighted by Gasteiger charge is 2.07. The molecule has 0 fully saturated rings. The fourth-order valence-electron chi connectivity index (χ4n) is 1.40. The van der Waals surface area contributed by atoms with Gasteiger partial charge >= 0.3 is 0 Å². The van der Waals surface area contributed by atoms with Crippen molar-refractivity contribution in [2.45, 2.75) is 20.8 Å². The maximum atomic E-state index is 3.81. The standard InChI is InChI=1S/C14H20/c1-6-10-13(8-3)12(5)14(9-4)11-7-2/h6-12H,1,3H2,2,4-5H3/b11-7-,13-10+,14-9+. The third-order valence-corrected chi connectivity index (χ3v) is 2.24. The van der Waals surface area contributed by atoms with Gasteiger partial charge in [-0.05, 0) is 25.0 Å². The van der Waals surface area contributed by atoms with Crippen molar-refractivity contribution in [3.8, 4) is 0 Å². The molecule has 0 radical (unpaired) electrons. The van der Waals surface area contributed by atoms with E-state index in [1.807, 2.05) is 19.1 Å². The van der Waals surface area contributed by atoms with E-state index in [0.717, 1.165) is 0 Å². The van der Waals surface area contributed by atoms with Crippen LogP contribution in [0.1, 0.15) is 20.8 Å². The zero-order chi connectivity index (χ0) is 11.0. The average molecular weight is 188 g/mol. The first-order valence-electron chi connectivity index (χ1n) is 4.95. The Balaban J connectivity index is 4.89. The molecule has 0 aliphatic carbocycles. The molecule has 0 aromatic rings. The summed E-state index contributed by atoms with van der Waals surface area (Å²) in [6.07, 6.45) is 12.0. The first kappa shape index (κ1) is 12.7. The van der Waals surface area contributed by atoms with Crippen LogP contribution in [0.25, 0.3) is 0 Å². The molecule has 0 aromatic carbocycles. The molecule has 0 heterocycles. The summed E-state index contributed by atoms with van der Waals surface area (Å²) in [5, 5.41) is 0. The molecule has 0 aliphatic heterocycles. The van der Waals surface area contributed by atoms with E-state index in [1.165, 1.54) is 11.1 Å². The topological polar surface area (TPSA) is 0 Å². The van der Waals surface area contributed by atoms with E-state index < -0.39 is 0 Å². The highest BCUT2D eigenvalue weighted by molar-refractivity contribution is 5.35. The van der Waals surface area contributed by atoms with Gasteiger partial charge in [-0.25, -0.2) is 0 Å². The predicted molar refractivity (Wildman–Crippen MR) is 66.2 cm³/mol. The number of hydrogen-bond acceptors (Lipinski definition) is 0. The molecule has 0 heteroatoms. The van der Waals surface area contributed by atoms with Gasteiger partial charge in [-0.1, -0.05) is 56.5 Å². The van der Waals surface area contributed by atoms with E-state index in [9.17, 15) is 0 Å². The fraction of sp³-hybridized carbons (Fsp3) is 0.286. The second kappa shape index (κ2) is 7.14. The van der Waals surface area contributed by atoms with Crippen molar-refractivity contribution in [1.29, 1.82) is 0 Å². The van der Waals surface area contributed by atoms with E-state index in [-0.39, 0.29) is 0 Å². The van der Waals surface area contributed by atoms with Crippen LogP contribution in [0.5, 0.6) is 0 Å². The number of allylic oxidation sites excluding steroid dienone is 8. The third kappa shape index (κ3) is 3.61. The Morgan fingerprint density at radius 3 is 2.14 bits per heavy atom. The van der Waals surface area contributed by atoms with E-state index in [0.29, 0.717) is 5.92 Å². The van der Waals surface area contributed by atoms with Crippen LogP contribution < -0.4 is 0 Å². The van der Waals surface area contributed by atoms with Gasteiger partial charge in [-0.3, -0.25) is 0 Å². The minimum Gasteiger partial charge on any atom is -0.0991 e. The van der Waals surface area contributed by atoms with Crippen LogP contribution in [0.15, 0.2) is 60.8 Å². The number of hydrogen-bond donors (Lipinski definition) is 0. The monoisotopic (exact) mass is 188 g/mol. The number of rotatable bonds is 5. The molecule has 0 aliphatic rings.